The topological polar surface area (TPSA) is 153 Å². The Morgan fingerprint density at radius 1 is 1.00 bits per heavy atom. The van der Waals surface area contributed by atoms with E-state index in [1.54, 1.807) is 36.4 Å². The largest absolute Gasteiger partial charge is 0.441 e. The summed E-state index contributed by atoms with van der Waals surface area (Å²) in [5.74, 6) is -1.27. The third kappa shape index (κ3) is 5.51. The number of ether oxygens (including phenoxy) is 1. The Kier molecular flexibility index (Phi) is 7.08. The minimum absolute atomic E-state index is 0.0488. The molecule has 0 spiro atoms. The third-order valence-corrected chi connectivity index (χ3v) is 4.44. The molecule has 10 nitrogen and oxygen atoms in total. The van der Waals surface area contributed by atoms with Gasteiger partial charge in [-0.2, -0.15) is 0 Å². The minimum Gasteiger partial charge on any atom is -0.441 e. The second-order valence-corrected chi connectivity index (χ2v) is 6.82. The van der Waals surface area contributed by atoms with Gasteiger partial charge in [0.25, 0.3) is 11.8 Å². The number of carbonyl (C=O) groups excluding carboxylic acids is 3. The average Bonchev–Trinajstić information content (AvgIpc) is 3.19. The van der Waals surface area contributed by atoms with E-state index >= 15 is 0 Å². The van der Waals surface area contributed by atoms with Crippen LogP contribution in [0.5, 0.6) is 0 Å². The summed E-state index contributed by atoms with van der Waals surface area (Å²) >= 11 is 5.94. The molecule has 0 aliphatic heterocycles. The van der Waals surface area contributed by atoms with E-state index in [-0.39, 0.29) is 16.9 Å². The number of aromatic nitrogens is 1. The smallest absolute Gasteiger partial charge is 0.412 e. The molecule has 1 aromatic heterocycles. The Morgan fingerprint density at radius 3 is 2.45 bits per heavy atom. The van der Waals surface area contributed by atoms with Gasteiger partial charge in [-0.25, -0.2) is 4.79 Å². The lowest BCUT2D eigenvalue weighted by Gasteiger charge is -2.15. The van der Waals surface area contributed by atoms with Gasteiger partial charge in [-0.3, -0.25) is 25.8 Å². The highest BCUT2D eigenvalue weighted by molar-refractivity contribution is 6.31. The number of para-hydroxylation sites is 1. The van der Waals surface area contributed by atoms with Crippen molar-refractivity contribution >= 4 is 46.1 Å². The van der Waals surface area contributed by atoms with Crippen molar-refractivity contribution in [2.45, 2.75) is 6.10 Å². The number of aromatic amines is 1. The van der Waals surface area contributed by atoms with Crippen molar-refractivity contribution in [3.63, 3.8) is 0 Å². The number of benzene rings is 2. The monoisotopic (exact) mass is 446 g/mol. The second kappa shape index (κ2) is 9.94. The number of fused-ring (bicyclic) bond motifs is 1. The van der Waals surface area contributed by atoms with Crippen LogP contribution in [-0.4, -0.2) is 52.4 Å². The number of halogens is 1. The molecule has 0 saturated heterocycles. The van der Waals surface area contributed by atoms with Gasteiger partial charge in [-0.15, -0.1) is 0 Å². The zero-order chi connectivity index (χ0) is 22.4. The maximum Gasteiger partial charge on any atom is 0.412 e. The number of rotatable bonds is 6. The molecule has 0 radical (unpaired) electrons. The van der Waals surface area contributed by atoms with Crippen LogP contribution in [0.25, 0.3) is 10.9 Å². The van der Waals surface area contributed by atoms with E-state index in [2.05, 4.69) is 21.2 Å². The number of hydrogen-bond acceptors (Lipinski definition) is 6. The number of hydrogen-bond donors (Lipinski definition) is 6. The first-order valence-corrected chi connectivity index (χ1v) is 9.46. The summed E-state index contributed by atoms with van der Waals surface area (Å²) in [4.78, 5) is 39.7. The van der Waals surface area contributed by atoms with Gasteiger partial charge in [0.15, 0.2) is 0 Å². The lowest BCUT2D eigenvalue weighted by molar-refractivity contribution is 0.0289. The van der Waals surface area contributed by atoms with Crippen LogP contribution in [-0.2, 0) is 4.74 Å². The number of hydrazine groups is 1. The van der Waals surface area contributed by atoms with Crippen molar-refractivity contribution in [3.8, 4) is 0 Å². The van der Waals surface area contributed by atoms with Crippen molar-refractivity contribution < 1.29 is 29.3 Å². The van der Waals surface area contributed by atoms with Crippen LogP contribution >= 0.6 is 11.6 Å². The Labute approximate surface area is 181 Å². The summed E-state index contributed by atoms with van der Waals surface area (Å²) in [6.45, 7) is -1.11. The Morgan fingerprint density at radius 2 is 1.71 bits per heavy atom. The van der Waals surface area contributed by atoms with Crippen LogP contribution in [0.1, 0.15) is 20.8 Å². The SMILES string of the molecule is O=C(Nc1ccccc1C(=O)NNC(=O)c1cc2cc(Cl)ccc2[nH]1)OC(CO)CO. The van der Waals surface area contributed by atoms with Gasteiger partial charge in [-0.1, -0.05) is 23.7 Å². The van der Waals surface area contributed by atoms with Crippen molar-refractivity contribution in [1.29, 1.82) is 0 Å². The molecule has 0 aliphatic carbocycles. The van der Waals surface area contributed by atoms with Crippen LogP contribution in [0.4, 0.5) is 10.5 Å². The molecule has 31 heavy (non-hydrogen) atoms. The van der Waals surface area contributed by atoms with E-state index in [0.717, 1.165) is 5.39 Å². The molecule has 11 heteroatoms. The average molecular weight is 447 g/mol. The Balaban J connectivity index is 1.64. The molecular formula is C20H19ClN4O6. The fraction of sp³-hybridized carbons (Fsp3) is 0.150. The van der Waals surface area contributed by atoms with Gasteiger partial charge in [0.2, 0.25) is 0 Å². The predicted molar refractivity (Wildman–Crippen MR) is 113 cm³/mol. The first kappa shape index (κ1) is 22.1. The van der Waals surface area contributed by atoms with Gasteiger partial charge in [-0.05, 0) is 36.4 Å². The molecule has 0 fully saturated rings. The molecule has 0 aliphatic rings. The summed E-state index contributed by atoms with van der Waals surface area (Å²) in [6, 6.07) is 12.7. The third-order valence-electron chi connectivity index (χ3n) is 4.21. The van der Waals surface area contributed by atoms with Gasteiger partial charge in [0.1, 0.15) is 11.8 Å². The van der Waals surface area contributed by atoms with Crippen molar-refractivity contribution in [1.82, 2.24) is 15.8 Å². The second-order valence-electron chi connectivity index (χ2n) is 6.39. The van der Waals surface area contributed by atoms with Crippen molar-refractivity contribution in [2.24, 2.45) is 0 Å². The molecule has 162 valence electrons. The first-order valence-electron chi connectivity index (χ1n) is 9.08. The number of aliphatic hydroxyl groups is 2. The highest BCUT2D eigenvalue weighted by atomic mass is 35.5. The molecule has 3 rings (SSSR count). The molecule has 3 aromatic rings. The van der Waals surface area contributed by atoms with Crippen LogP contribution in [0, 0.1) is 0 Å². The van der Waals surface area contributed by atoms with E-state index in [1.807, 2.05) is 0 Å². The van der Waals surface area contributed by atoms with E-state index in [0.29, 0.717) is 10.5 Å². The zero-order valence-electron chi connectivity index (χ0n) is 16.0. The van der Waals surface area contributed by atoms with E-state index in [9.17, 15) is 14.4 Å². The number of anilines is 1. The van der Waals surface area contributed by atoms with Gasteiger partial charge in [0, 0.05) is 15.9 Å². The highest BCUT2D eigenvalue weighted by Gasteiger charge is 2.17. The van der Waals surface area contributed by atoms with Crippen LogP contribution < -0.4 is 16.2 Å². The maximum atomic E-state index is 12.5. The molecule has 0 atom stereocenters. The summed E-state index contributed by atoms with van der Waals surface area (Å²) in [5, 5.41) is 21.6. The van der Waals surface area contributed by atoms with E-state index in [4.69, 9.17) is 26.6 Å². The van der Waals surface area contributed by atoms with Crippen LogP contribution in [0.3, 0.4) is 0 Å². The molecule has 1 heterocycles. The number of aliphatic hydroxyl groups excluding tert-OH is 2. The molecular weight excluding hydrogens is 428 g/mol. The zero-order valence-corrected chi connectivity index (χ0v) is 16.8. The molecule has 0 bridgehead atoms. The normalized spacial score (nSPS) is 10.7. The summed E-state index contributed by atoms with van der Waals surface area (Å²) < 4.78 is 4.82. The standard InChI is InChI=1S/C20H19ClN4O6/c21-12-5-6-15-11(7-12)8-17(22-15)19(29)25-24-18(28)14-3-1-2-4-16(14)23-20(30)31-13(9-26)10-27/h1-8,13,22,26-27H,9-10H2,(H,23,30)(H,24,28)(H,25,29). The van der Waals surface area contributed by atoms with Crippen LogP contribution in [0.2, 0.25) is 5.02 Å². The lowest BCUT2D eigenvalue weighted by atomic mass is 10.1. The minimum atomic E-state index is -1.09. The van der Waals surface area contributed by atoms with Crippen LogP contribution in [0.15, 0.2) is 48.5 Å². The first-order chi connectivity index (χ1) is 14.9. The maximum absolute atomic E-state index is 12.5. The number of amides is 3. The summed E-state index contributed by atoms with van der Waals surface area (Å²) in [7, 11) is 0. The Bertz CT molecular complexity index is 1110. The van der Waals surface area contributed by atoms with E-state index < -0.39 is 37.2 Å². The number of nitrogens with one attached hydrogen (secondary N) is 4. The molecule has 0 unspecified atom stereocenters. The van der Waals surface area contributed by atoms with E-state index in [1.165, 1.54) is 12.1 Å². The fourth-order valence-electron chi connectivity index (χ4n) is 2.69. The van der Waals surface area contributed by atoms with Crippen molar-refractivity contribution in [3.05, 3.63) is 64.8 Å². The summed E-state index contributed by atoms with van der Waals surface area (Å²) in [6.07, 6.45) is -2.06. The quantitative estimate of drug-likeness (QED) is 0.317. The van der Waals surface area contributed by atoms with Gasteiger partial charge < -0.3 is 19.9 Å². The summed E-state index contributed by atoms with van der Waals surface area (Å²) in [5.41, 5.74) is 5.64. The number of H-pyrrole nitrogens is 1. The lowest BCUT2D eigenvalue weighted by Crippen LogP contribution is -2.42. The predicted octanol–water partition coefficient (Wildman–Crippen LogP) is 1.80. The molecule has 3 amide bonds. The van der Waals surface area contributed by atoms with Gasteiger partial charge >= 0.3 is 6.09 Å². The molecule has 2 aromatic carbocycles. The number of carbonyl (C=O) groups is 3. The van der Waals surface area contributed by atoms with Gasteiger partial charge in [0.05, 0.1) is 24.5 Å². The molecule has 6 N–H and O–H groups in total. The highest BCUT2D eigenvalue weighted by Crippen LogP contribution is 2.20. The van der Waals surface area contributed by atoms with Crippen molar-refractivity contribution in [2.75, 3.05) is 18.5 Å². The fourth-order valence-corrected chi connectivity index (χ4v) is 2.87. The Hall–Kier alpha value is -3.60. The molecule has 0 saturated carbocycles.